The Morgan fingerprint density at radius 3 is 2.85 bits per heavy atom. The lowest BCUT2D eigenvalue weighted by Gasteiger charge is -2.16. The van der Waals surface area contributed by atoms with E-state index in [0.717, 1.165) is 11.4 Å². The van der Waals surface area contributed by atoms with Crippen LogP contribution in [0.5, 0.6) is 0 Å². The summed E-state index contributed by atoms with van der Waals surface area (Å²) in [5, 5.41) is 0. The summed E-state index contributed by atoms with van der Waals surface area (Å²) in [5.74, 6) is 5.36. The smallest absolute Gasteiger partial charge is 0.274 e. The van der Waals surface area contributed by atoms with Gasteiger partial charge in [0.2, 0.25) is 0 Å². The molecular weight excluding hydrogens is 256 g/mol. The van der Waals surface area contributed by atoms with Crippen LogP contribution < -0.4 is 11.3 Å². The molecule has 0 unspecified atom stereocenters. The number of amides is 1. The molecule has 0 aliphatic carbocycles. The number of nitrogens with two attached hydrogens (primary N) is 1. The zero-order valence-corrected chi connectivity index (χ0v) is 11.4. The Hall–Kier alpha value is -2.54. The molecule has 0 aliphatic heterocycles. The van der Waals surface area contributed by atoms with Gasteiger partial charge < -0.3 is 10.3 Å². The van der Waals surface area contributed by atoms with Crippen molar-refractivity contribution in [2.24, 2.45) is 5.84 Å². The van der Waals surface area contributed by atoms with Crippen LogP contribution in [0.15, 0.2) is 30.6 Å². The van der Waals surface area contributed by atoms with Crippen LogP contribution in [-0.2, 0) is 6.54 Å². The standard InChI is InChI=1S/C13H16N6O/c1-9-4-3-5-10(16-9)8-19(2)13(20)11-6-15-7-12(17-11)18-14/h3-7H,8,14H2,1-2H3,(H,17,18). The van der Waals surface area contributed by atoms with E-state index < -0.39 is 0 Å². The summed E-state index contributed by atoms with van der Waals surface area (Å²) in [6.07, 6.45) is 2.85. The second kappa shape index (κ2) is 6.07. The minimum absolute atomic E-state index is 0.232. The number of aromatic nitrogens is 3. The molecule has 0 bridgehead atoms. The zero-order valence-electron chi connectivity index (χ0n) is 11.4. The fourth-order valence-corrected chi connectivity index (χ4v) is 1.74. The van der Waals surface area contributed by atoms with Gasteiger partial charge in [0, 0.05) is 12.7 Å². The molecule has 7 nitrogen and oxygen atoms in total. The van der Waals surface area contributed by atoms with Gasteiger partial charge in [0.1, 0.15) is 5.69 Å². The molecule has 3 N–H and O–H groups in total. The summed E-state index contributed by atoms with van der Waals surface area (Å²) < 4.78 is 0. The lowest BCUT2D eigenvalue weighted by atomic mass is 10.3. The Labute approximate surface area is 116 Å². The van der Waals surface area contributed by atoms with Gasteiger partial charge in [0.05, 0.1) is 24.6 Å². The first-order valence-corrected chi connectivity index (χ1v) is 6.07. The molecule has 7 heteroatoms. The van der Waals surface area contributed by atoms with E-state index in [9.17, 15) is 4.79 Å². The van der Waals surface area contributed by atoms with E-state index in [1.807, 2.05) is 25.1 Å². The molecule has 2 heterocycles. The number of aryl methyl sites for hydroxylation is 1. The summed E-state index contributed by atoms with van der Waals surface area (Å²) in [6, 6.07) is 5.70. The van der Waals surface area contributed by atoms with Gasteiger partial charge in [0.15, 0.2) is 5.82 Å². The second-order valence-electron chi connectivity index (χ2n) is 4.37. The van der Waals surface area contributed by atoms with Crippen LogP contribution in [0.25, 0.3) is 0 Å². The summed E-state index contributed by atoms with van der Waals surface area (Å²) in [7, 11) is 1.69. The fourth-order valence-electron chi connectivity index (χ4n) is 1.74. The summed E-state index contributed by atoms with van der Waals surface area (Å²) >= 11 is 0. The predicted octanol–water partition coefficient (Wildman–Crippen LogP) is 0.738. The monoisotopic (exact) mass is 272 g/mol. The first-order chi connectivity index (χ1) is 9.60. The fraction of sp³-hybridized carbons (Fsp3) is 0.231. The van der Waals surface area contributed by atoms with Crippen molar-refractivity contribution in [3.05, 3.63) is 47.7 Å². The van der Waals surface area contributed by atoms with E-state index >= 15 is 0 Å². The van der Waals surface area contributed by atoms with Crippen molar-refractivity contribution < 1.29 is 4.79 Å². The largest absolute Gasteiger partial charge is 0.334 e. The molecule has 2 rings (SSSR count). The maximum absolute atomic E-state index is 12.2. The van der Waals surface area contributed by atoms with Crippen molar-refractivity contribution in [3.8, 4) is 0 Å². The summed E-state index contributed by atoms with van der Waals surface area (Å²) in [6.45, 7) is 2.32. The average molecular weight is 272 g/mol. The van der Waals surface area contributed by atoms with Gasteiger partial charge in [-0.25, -0.2) is 10.8 Å². The summed E-state index contributed by atoms with van der Waals surface area (Å²) in [4.78, 5) is 26.1. The van der Waals surface area contributed by atoms with Gasteiger partial charge >= 0.3 is 0 Å². The molecule has 0 aliphatic rings. The van der Waals surface area contributed by atoms with Gasteiger partial charge in [-0.3, -0.25) is 14.8 Å². The first kappa shape index (κ1) is 13.9. The van der Waals surface area contributed by atoms with Gasteiger partial charge in [-0.1, -0.05) is 6.07 Å². The number of rotatable bonds is 4. The molecule has 0 saturated carbocycles. The average Bonchev–Trinajstić information content (AvgIpc) is 2.46. The van der Waals surface area contributed by atoms with Crippen LogP contribution in [0.3, 0.4) is 0 Å². The highest BCUT2D eigenvalue weighted by atomic mass is 16.2. The quantitative estimate of drug-likeness (QED) is 0.629. The van der Waals surface area contributed by atoms with E-state index in [1.54, 1.807) is 7.05 Å². The molecular formula is C13H16N6O. The third-order valence-electron chi connectivity index (χ3n) is 2.69. The Balaban J connectivity index is 2.12. The van der Waals surface area contributed by atoms with Crippen LogP contribution in [0, 0.1) is 6.92 Å². The zero-order chi connectivity index (χ0) is 14.5. The lowest BCUT2D eigenvalue weighted by Crippen LogP contribution is -2.28. The minimum atomic E-state index is -0.238. The van der Waals surface area contributed by atoms with Crippen molar-refractivity contribution in [2.45, 2.75) is 13.5 Å². The topological polar surface area (TPSA) is 97.0 Å². The molecule has 0 fully saturated rings. The van der Waals surface area contributed by atoms with Crippen molar-refractivity contribution in [1.82, 2.24) is 19.9 Å². The third kappa shape index (κ3) is 3.27. The molecule has 20 heavy (non-hydrogen) atoms. The predicted molar refractivity (Wildman–Crippen MR) is 74.6 cm³/mol. The number of hydrogen-bond donors (Lipinski definition) is 2. The molecule has 0 spiro atoms. The van der Waals surface area contributed by atoms with Crippen molar-refractivity contribution >= 4 is 11.7 Å². The second-order valence-corrected chi connectivity index (χ2v) is 4.37. The number of anilines is 1. The van der Waals surface area contributed by atoms with Crippen LogP contribution in [0.1, 0.15) is 21.9 Å². The van der Waals surface area contributed by atoms with E-state index in [1.165, 1.54) is 17.3 Å². The third-order valence-corrected chi connectivity index (χ3v) is 2.69. The van der Waals surface area contributed by atoms with Crippen LogP contribution in [-0.4, -0.2) is 32.8 Å². The van der Waals surface area contributed by atoms with Crippen molar-refractivity contribution in [1.29, 1.82) is 0 Å². The van der Waals surface area contributed by atoms with Gasteiger partial charge in [-0.05, 0) is 19.1 Å². The SMILES string of the molecule is Cc1cccc(CN(C)C(=O)c2cncc(NN)n2)n1. The van der Waals surface area contributed by atoms with E-state index in [2.05, 4.69) is 20.4 Å². The molecule has 104 valence electrons. The van der Waals surface area contributed by atoms with E-state index in [0.29, 0.717) is 12.4 Å². The van der Waals surface area contributed by atoms with Crippen molar-refractivity contribution in [2.75, 3.05) is 12.5 Å². The lowest BCUT2D eigenvalue weighted by molar-refractivity contribution is 0.0777. The number of nitrogens with one attached hydrogen (secondary N) is 1. The van der Waals surface area contributed by atoms with Gasteiger partial charge in [-0.2, -0.15) is 0 Å². The minimum Gasteiger partial charge on any atom is -0.334 e. The number of nitrogen functional groups attached to an aromatic ring is 1. The molecule has 0 aromatic carbocycles. The Morgan fingerprint density at radius 1 is 1.35 bits per heavy atom. The van der Waals surface area contributed by atoms with Crippen molar-refractivity contribution in [3.63, 3.8) is 0 Å². The summed E-state index contributed by atoms with van der Waals surface area (Å²) in [5.41, 5.74) is 4.33. The van der Waals surface area contributed by atoms with E-state index in [-0.39, 0.29) is 11.6 Å². The molecule has 2 aromatic rings. The van der Waals surface area contributed by atoms with E-state index in [4.69, 9.17) is 5.84 Å². The Morgan fingerprint density at radius 2 is 2.15 bits per heavy atom. The number of hydrogen-bond acceptors (Lipinski definition) is 6. The van der Waals surface area contributed by atoms with Gasteiger partial charge in [-0.15, -0.1) is 0 Å². The highest BCUT2D eigenvalue weighted by molar-refractivity contribution is 5.92. The van der Waals surface area contributed by atoms with Crippen LogP contribution in [0.2, 0.25) is 0 Å². The number of pyridine rings is 1. The number of nitrogens with zero attached hydrogens (tertiary/aromatic N) is 4. The normalized spacial score (nSPS) is 10.2. The number of carbonyl (C=O) groups is 1. The number of hydrazine groups is 1. The van der Waals surface area contributed by atoms with Crippen LogP contribution >= 0.6 is 0 Å². The molecule has 2 aromatic heterocycles. The Bertz CT molecular complexity index is 615. The molecule has 0 radical (unpaired) electrons. The molecule has 0 saturated heterocycles. The van der Waals surface area contributed by atoms with Gasteiger partial charge in [0.25, 0.3) is 5.91 Å². The first-order valence-electron chi connectivity index (χ1n) is 6.07. The number of carbonyl (C=O) groups excluding carboxylic acids is 1. The highest BCUT2D eigenvalue weighted by Crippen LogP contribution is 2.07. The maximum atomic E-state index is 12.2. The maximum Gasteiger partial charge on any atom is 0.274 e. The Kier molecular flexibility index (Phi) is 4.21. The highest BCUT2D eigenvalue weighted by Gasteiger charge is 2.15. The molecule has 0 atom stereocenters. The molecule has 1 amide bonds. The van der Waals surface area contributed by atoms with Crippen LogP contribution in [0.4, 0.5) is 5.82 Å².